The van der Waals surface area contributed by atoms with Gasteiger partial charge in [0.15, 0.2) is 0 Å². The molecule has 0 unspecified atom stereocenters. The van der Waals surface area contributed by atoms with Crippen LogP contribution in [0.4, 0.5) is 0 Å². The van der Waals surface area contributed by atoms with Gasteiger partial charge in [0.2, 0.25) is 0 Å². The Bertz CT molecular complexity index is 1370. The fourth-order valence-electron chi connectivity index (χ4n) is 4.29. The first-order valence-electron chi connectivity index (χ1n) is 7.27. The summed E-state index contributed by atoms with van der Waals surface area (Å²) in [5, 5.41) is 13.8. The van der Waals surface area contributed by atoms with Gasteiger partial charge in [-0.05, 0) is 0 Å². The fraction of sp³-hybridized carbons (Fsp3) is 0. The molecule has 0 saturated heterocycles. The maximum absolute atomic E-state index is 2.19. The fourth-order valence-corrected chi connectivity index (χ4v) is 28.4. The Kier molecular flexibility index (Phi) is 2.11. The van der Waals surface area contributed by atoms with Crippen LogP contribution >= 0.6 is 45.3 Å². The molecule has 0 aliphatic carbocycles. The van der Waals surface area contributed by atoms with Crippen molar-refractivity contribution in [2.75, 3.05) is 0 Å². The Morgan fingerprint density at radius 3 is 0.625 bits per heavy atom. The molecule has 0 radical (unpaired) electrons. The van der Waals surface area contributed by atoms with Crippen molar-refractivity contribution in [3.05, 3.63) is 0 Å². The van der Waals surface area contributed by atoms with Crippen LogP contribution in [-0.2, 0) is 0 Å². The van der Waals surface area contributed by atoms with E-state index < -0.39 is 0 Å². The molecule has 24 heavy (non-hydrogen) atoms. The average Bonchev–Trinajstić information content (AvgIpc) is 3.25. The monoisotopic (exact) mass is 640 g/mol. The van der Waals surface area contributed by atoms with Crippen molar-refractivity contribution in [3.63, 3.8) is 0 Å². The van der Waals surface area contributed by atoms with Gasteiger partial charge < -0.3 is 0 Å². The van der Waals surface area contributed by atoms with E-state index in [0.717, 1.165) is 0 Å². The van der Waals surface area contributed by atoms with Crippen LogP contribution in [0.3, 0.4) is 0 Å². The van der Waals surface area contributed by atoms with Crippen LogP contribution in [0.25, 0.3) is 71.7 Å². The quantitative estimate of drug-likeness (QED) is 0.188. The molecule has 0 aliphatic heterocycles. The SMILES string of the molecule is s1c2[se]c3sc4[se]c5sc6[se]c7sc8[se]c1c1c2c3c4c5c6c7c81. The Balaban J connectivity index is 1.98. The summed E-state index contributed by atoms with van der Waals surface area (Å²) in [5.74, 6) is 0. The van der Waals surface area contributed by atoms with Crippen molar-refractivity contribution in [3.8, 4) is 0 Å². The summed E-state index contributed by atoms with van der Waals surface area (Å²) in [6, 6.07) is 0. The standard InChI is InChI=1S/C16S4Se4/c17-9-1-2-4-6-8-7-5-3(1)11(21-9)18-12(5)23-15(7)20-16(8)24-14(6)19-13(4)22-10(2)17. The second-order valence-corrected chi connectivity index (χ2v) is 23.4. The summed E-state index contributed by atoms with van der Waals surface area (Å²) in [6.07, 6.45) is 0. The summed E-state index contributed by atoms with van der Waals surface area (Å²) in [4.78, 5) is 0. The zero-order valence-electron chi connectivity index (χ0n) is 11.3. The van der Waals surface area contributed by atoms with Crippen LogP contribution < -0.4 is 0 Å². The molecule has 9 aromatic rings. The van der Waals surface area contributed by atoms with E-state index in [1.54, 1.807) is 71.7 Å². The van der Waals surface area contributed by atoms with Crippen molar-refractivity contribution in [1.82, 2.24) is 0 Å². The van der Waals surface area contributed by atoms with E-state index in [2.05, 4.69) is 45.3 Å². The minimum atomic E-state index is 0.595. The summed E-state index contributed by atoms with van der Waals surface area (Å²) in [5.41, 5.74) is 0. The van der Waals surface area contributed by atoms with Gasteiger partial charge in [0.1, 0.15) is 0 Å². The van der Waals surface area contributed by atoms with Crippen LogP contribution in [0.1, 0.15) is 0 Å². The van der Waals surface area contributed by atoms with Gasteiger partial charge in [-0.2, -0.15) is 0 Å². The van der Waals surface area contributed by atoms with Crippen LogP contribution in [0.5, 0.6) is 0 Å². The predicted molar refractivity (Wildman–Crippen MR) is 119 cm³/mol. The Morgan fingerprint density at radius 2 is 0.458 bits per heavy atom. The third-order valence-corrected chi connectivity index (χ3v) is 22.4. The van der Waals surface area contributed by atoms with Crippen molar-refractivity contribution in [2.24, 2.45) is 0 Å². The van der Waals surface area contributed by atoms with Gasteiger partial charge in [-0.25, -0.2) is 0 Å². The van der Waals surface area contributed by atoms with Crippen molar-refractivity contribution < 1.29 is 0 Å². The number of hydrogen-bond acceptors (Lipinski definition) is 4. The molecule has 0 N–H and O–H groups in total. The van der Waals surface area contributed by atoms with Gasteiger partial charge in [0, 0.05) is 0 Å². The van der Waals surface area contributed by atoms with Crippen LogP contribution in [0.2, 0.25) is 0 Å². The predicted octanol–water partition coefficient (Wildman–Crippen LogP) is 5.70. The van der Waals surface area contributed by atoms with Gasteiger partial charge in [-0.15, -0.1) is 0 Å². The third kappa shape index (κ3) is 1.17. The molecule has 0 atom stereocenters. The first-order chi connectivity index (χ1) is 11.9. The molecular weight excluding hydrogens is 636 g/mol. The first kappa shape index (κ1) is 13.1. The summed E-state index contributed by atoms with van der Waals surface area (Å²) >= 11 is 11.1. The van der Waals surface area contributed by atoms with E-state index in [4.69, 9.17) is 0 Å². The molecular formula is C16S4Se4. The van der Waals surface area contributed by atoms with Crippen molar-refractivity contribution in [2.45, 2.75) is 0 Å². The Morgan fingerprint density at radius 1 is 0.292 bits per heavy atom. The van der Waals surface area contributed by atoms with Gasteiger partial charge in [-0.3, -0.25) is 0 Å². The average molecular weight is 636 g/mol. The van der Waals surface area contributed by atoms with Gasteiger partial charge in [0.25, 0.3) is 0 Å². The van der Waals surface area contributed by atoms with Crippen molar-refractivity contribution in [1.29, 1.82) is 0 Å². The molecule has 0 saturated carbocycles. The Labute approximate surface area is 172 Å². The number of hydrogen-bond donors (Lipinski definition) is 0. The summed E-state index contributed by atoms with van der Waals surface area (Å²) in [7, 11) is 0. The molecule has 112 valence electrons. The number of thiophene rings is 4. The zero-order valence-corrected chi connectivity index (χ0v) is 21.4. The zero-order chi connectivity index (χ0) is 14.9. The third-order valence-electron chi connectivity index (χ3n) is 5.12. The molecule has 0 amide bonds. The van der Waals surface area contributed by atoms with E-state index in [0.29, 0.717) is 58.0 Å². The molecule has 8 heterocycles. The normalized spacial score (nSPS) is 14.7. The molecule has 0 fully saturated rings. The van der Waals surface area contributed by atoms with E-state index in [9.17, 15) is 0 Å². The summed E-state index contributed by atoms with van der Waals surface area (Å²) < 4.78 is 14.1. The van der Waals surface area contributed by atoms with Crippen LogP contribution in [-0.4, -0.2) is 58.0 Å². The Hall–Kier alpha value is 0.878. The van der Waals surface area contributed by atoms with E-state index >= 15 is 0 Å². The topological polar surface area (TPSA) is 0 Å². The van der Waals surface area contributed by atoms with Crippen molar-refractivity contribution >= 4 is 175 Å². The van der Waals surface area contributed by atoms with Gasteiger partial charge >= 0.3 is 175 Å². The molecule has 1 aromatic carbocycles. The number of rotatable bonds is 0. The molecule has 0 spiro atoms. The van der Waals surface area contributed by atoms with E-state index in [1.165, 1.54) is 0 Å². The molecule has 8 heteroatoms. The first-order valence-corrected chi connectivity index (χ1v) is 17.4. The van der Waals surface area contributed by atoms with Gasteiger partial charge in [0.05, 0.1) is 0 Å². The minimum absolute atomic E-state index is 0.595. The van der Waals surface area contributed by atoms with E-state index in [1.807, 2.05) is 0 Å². The van der Waals surface area contributed by atoms with Crippen LogP contribution in [0.15, 0.2) is 0 Å². The van der Waals surface area contributed by atoms with Crippen LogP contribution in [0, 0.1) is 0 Å². The van der Waals surface area contributed by atoms with Gasteiger partial charge in [-0.1, -0.05) is 0 Å². The second kappa shape index (κ2) is 3.86. The molecule has 0 aliphatic rings. The molecule has 0 nitrogen and oxygen atoms in total. The molecule has 9 rings (SSSR count). The summed E-state index contributed by atoms with van der Waals surface area (Å²) in [6.45, 7) is 0. The maximum atomic E-state index is 2.19. The molecule has 8 aromatic heterocycles. The van der Waals surface area contributed by atoms with E-state index in [-0.39, 0.29) is 0 Å². The second-order valence-electron chi connectivity index (χ2n) is 6.12. The molecule has 0 bridgehead atoms.